The van der Waals surface area contributed by atoms with Crippen LogP contribution in [0.5, 0.6) is 0 Å². The van der Waals surface area contributed by atoms with Gasteiger partial charge in [0.05, 0.1) is 10.5 Å². The van der Waals surface area contributed by atoms with Crippen molar-refractivity contribution in [3.05, 3.63) is 0 Å². The molecule has 0 aromatic heterocycles. The van der Waals surface area contributed by atoms with Crippen LogP contribution in [0.1, 0.15) is 25.7 Å². The van der Waals surface area contributed by atoms with Crippen molar-refractivity contribution in [3.8, 4) is 0 Å². The molecule has 6 nitrogen and oxygen atoms in total. The Morgan fingerprint density at radius 1 is 1.39 bits per heavy atom. The zero-order chi connectivity index (χ0) is 13.4. The Hall–Kier alpha value is -0.280. The Balaban J connectivity index is 2.08. The van der Waals surface area contributed by atoms with Gasteiger partial charge in [0.25, 0.3) is 10.2 Å². The number of nitrogens with two attached hydrogens (primary N) is 1. The maximum Gasteiger partial charge on any atom is 0.278 e. The van der Waals surface area contributed by atoms with Gasteiger partial charge in [-0.05, 0) is 32.7 Å². The fourth-order valence-electron chi connectivity index (χ4n) is 2.11. The number of likely N-dealkylation sites (tertiary alicyclic amines) is 1. The van der Waals surface area contributed by atoms with Crippen LogP contribution in [0.15, 0.2) is 0 Å². The molecule has 18 heavy (non-hydrogen) atoms. The summed E-state index contributed by atoms with van der Waals surface area (Å²) in [5.74, 6) is 0. The van der Waals surface area contributed by atoms with Crippen LogP contribution in [0, 0.1) is 0 Å². The minimum atomic E-state index is -3.52. The van der Waals surface area contributed by atoms with Crippen molar-refractivity contribution in [3.63, 3.8) is 0 Å². The Bertz CT molecular complexity index is 425. The summed E-state index contributed by atoms with van der Waals surface area (Å²) in [5, 5.41) is 0. The lowest BCUT2D eigenvalue weighted by Crippen LogP contribution is -2.63. The maximum atomic E-state index is 12.0. The van der Waals surface area contributed by atoms with E-state index < -0.39 is 15.7 Å². The van der Waals surface area contributed by atoms with E-state index in [1.165, 1.54) is 0 Å². The molecule has 0 aromatic carbocycles. The smallest absolute Gasteiger partial charge is 0.278 e. The summed E-state index contributed by atoms with van der Waals surface area (Å²) in [5.41, 5.74) is 4.98. The quantitative estimate of drug-likeness (QED) is 0.585. The van der Waals surface area contributed by atoms with Gasteiger partial charge in [-0.25, -0.2) is 0 Å². The summed E-state index contributed by atoms with van der Waals surface area (Å²) < 4.78 is 29.2. The molecule has 8 heteroatoms. The van der Waals surface area contributed by atoms with Crippen molar-refractivity contribution in [2.45, 2.75) is 37.3 Å². The number of hydrogen-bond acceptors (Lipinski definition) is 4. The van der Waals surface area contributed by atoms with E-state index in [4.69, 9.17) is 18.0 Å². The molecule has 0 bridgehead atoms. The third-order valence-corrected chi connectivity index (χ3v) is 5.24. The minimum absolute atomic E-state index is 0.0807. The summed E-state index contributed by atoms with van der Waals surface area (Å²) in [6.07, 6.45) is 3.04. The highest BCUT2D eigenvalue weighted by Gasteiger charge is 2.41. The van der Waals surface area contributed by atoms with Gasteiger partial charge in [0.1, 0.15) is 0 Å². The molecular formula is C10H20N4O2S2. The van der Waals surface area contributed by atoms with Gasteiger partial charge in [-0.2, -0.15) is 17.9 Å². The summed E-state index contributed by atoms with van der Waals surface area (Å²) in [6.45, 7) is 1.56. The van der Waals surface area contributed by atoms with Gasteiger partial charge in [0.2, 0.25) is 0 Å². The second-order valence-electron chi connectivity index (χ2n) is 5.25. The molecule has 1 saturated heterocycles. The molecule has 2 aliphatic rings. The van der Waals surface area contributed by atoms with Crippen LogP contribution in [0.2, 0.25) is 0 Å². The zero-order valence-corrected chi connectivity index (χ0v) is 12.1. The third kappa shape index (κ3) is 3.39. The lowest BCUT2D eigenvalue weighted by atomic mass is 9.89. The van der Waals surface area contributed by atoms with E-state index in [2.05, 4.69) is 14.3 Å². The van der Waals surface area contributed by atoms with Crippen LogP contribution in [0.25, 0.3) is 0 Å². The van der Waals surface area contributed by atoms with Gasteiger partial charge >= 0.3 is 0 Å². The van der Waals surface area contributed by atoms with Crippen LogP contribution in [0.3, 0.4) is 0 Å². The molecule has 0 unspecified atom stereocenters. The Labute approximate surface area is 113 Å². The van der Waals surface area contributed by atoms with Crippen molar-refractivity contribution >= 4 is 27.4 Å². The van der Waals surface area contributed by atoms with Crippen LogP contribution in [0.4, 0.5) is 0 Å². The zero-order valence-electron chi connectivity index (χ0n) is 10.5. The van der Waals surface area contributed by atoms with Crippen LogP contribution in [-0.2, 0) is 10.2 Å². The highest BCUT2D eigenvalue weighted by atomic mass is 32.2. The number of piperidine rings is 1. The SMILES string of the molecule is CN1CCC(NS(=O)(=O)NC2CC2)(C(N)=S)CC1. The predicted octanol–water partition coefficient (Wildman–Crippen LogP) is -0.677. The van der Waals surface area contributed by atoms with Crippen molar-refractivity contribution < 1.29 is 8.42 Å². The first-order valence-corrected chi connectivity index (χ1v) is 8.02. The maximum absolute atomic E-state index is 12.0. The van der Waals surface area contributed by atoms with Crippen molar-refractivity contribution in [2.24, 2.45) is 5.73 Å². The number of nitrogens with zero attached hydrogens (tertiary/aromatic N) is 1. The average Bonchev–Trinajstić information content (AvgIpc) is 3.04. The van der Waals surface area contributed by atoms with Gasteiger partial charge < -0.3 is 10.6 Å². The molecule has 0 amide bonds. The molecule has 0 radical (unpaired) electrons. The highest BCUT2D eigenvalue weighted by molar-refractivity contribution is 7.87. The summed E-state index contributed by atoms with van der Waals surface area (Å²) >= 11 is 5.07. The monoisotopic (exact) mass is 292 g/mol. The molecule has 2 rings (SSSR count). The van der Waals surface area contributed by atoms with Crippen molar-refractivity contribution in [1.29, 1.82) is 0 Å². The standard InChI is InChI=1S/C10H20N4O2S2/c1-14-6-4-10(5-7-14,9(11)17)13-18(15,16)12-8-2-3-8/h8,12-13H,2-7H2,1H3,(H2,11,17). The van der Waals surface area contributed by atoms with Crippen molar-refractivity contribution in [2.75, 3.05) is 20.1 Å². The largest absolute Gasteiger partial charge is 0.392 e. The normalized spacial score (nSPS) is 24.9. The van der Waals surface area contributed by atoms with E-state index in [9.17, 15) is 8.42 Å². The molecule has 1 aliphatic carbocycles. The van der Waals surface area contributed by atoms with Crippen LogP contribution in [-0.4, -0.2) is 50.0 Å². The molecule has 1 heterocycles. The number of rotatable bonds is 5. The van der Waals surface area contributed by atoms with Crippen LogP contribution < -0.4 is 15.2 Å². The fourth-order valence-corrected chi connectivity index (χ4v) is 3.99. The predicted molar refractivity (Wildman–Crippen MR) is 74.5 cm³/mol. The average molecular weight is 292 g/mol. The number of hydrogen-bond donors (Lipinski definition) is 3. The molecule has 0 spiro atoms. The molecule has 4 N–H and O–H groups in total. The first-order valence-electron chi connectivity index (χ1n) is 6.13. The molecule has 1 aliphatic heterocycles. The summed E-state index contributed by atoms with van der Waals surface area (Å²) in [4.78, 5) is 2.37. The van der Waals surface area contributed by atoms with Crippen molar-refractivity contribution in [1.82, 2.24) is 14.3 Å². The lowest BCUT2D eigenvalue weighted by molar-refractivity contribution is 0.220. The van der Waals surface area contributed by atoms with E-state index in [-0.39, 0.29) is 11.0 Å². The molecule has 0 aromatic rings. The van der Waals surface area contributed by atoms with E-state index in [1.54, 1.807) is 0 Å². The molecule has 1 saturated carbocycles. The summed E-state index contributed by atoms with van der Waals surface area (Å²) in [7, 11) is -1.52. The third-order valence-electron chi connectivity index (χ3n) is 3.54. The second kappa shape index (κ2) is 5.01. The minimum Gasteiger partial charge on any atom is -0.392 e. The van der Waals surface area contributed by atoms with E-state index in [0.717, 1.165) is 25.9 Å². The van der Waals surface area contributed by atoms with Gasteiger partial charge in [-0.15, -0.1) is 0 Å². The Morgan fingerprint density at radius 3 is 2.39 bits per heavy atom. The topological polar surface area (TPSA) is 87.5 Å². The van der Waals surface area contributed by atoms with E-state index in [1.807, 2.05) is 7.05 Å². The highest BCUT2D eigenvalue weighted by Crippen LogP contribution is 2.24. The number of nitrogens with one attached hydrogen (secondary N) is 2. The number of thiocarbonyl (C=S) groups is 1. The van der Waals surface area contributed by atoms with Crippen LogP contribution >= 0.6 is 12.2 Å². The fraction of sp³-hybridized carbons (Fsp3) is 0.900. The first-order chi connectivity index (χ1) is 8.33. The lowest BCUT2D eigenvalue weighted by Gasteiger charge is -2.40. The van der Waals surface area contributed by atoms with E-state index in [0.29, 0.717) is 12.8 Å². The molecular weight excluding hydrogens is 272 g/mol. The van der Waals surface area contributed by atoms with Gasteiger partial charge in [0, 0.05) is 19.1 Å². The molecule has 104 valence electrons. The van der Waals surface area contributed by atoms with E-state index >= 15 is 0 Å². The first kappa shape index (κ1) is 14.1. The Kier molecular flexibility index (Phi) is 3.93. The van der Waals surface area contributed by atoms with Gasteiger partial charge in [0.15, 0.2) is 0 Å². The Morgan fingerprint density at radius 2 is 1.94 bits per heavy atom. The summed E-state index contributed by atoms with van der Waals surface area (Å²) in [6, 6.07) is 0.0807. The van der Waals surface area contributed by atoms with Gasteiger partial charge in [-0.1, -0.05) is 12.2 Å². The molecule has 0 atom stereocenters. The second-order valence-corrected chi connectivity index (χ2v) is 7.13. The molecule has 2 fully saturated rings. The van der Waals surface area contributed by atoms with Gasteiger partial charge in [-0.3, -0.25) is 0 Å².